The molecule has 0 amide bonds. The fourth-order valence-corrected chi connectivity index (χ4v) is 2.69. The van der Waals surface area contributed by atoms with Crippen molar-refractivity contribution >= 4 is 11.6 Å². The molecule has 1 aliphatic carbocycles. The molecule has 0 atom stereocenters. The van der Waals surface area contributed by atoms with E-state index in [9.17, 15) is 0 Å². The van der Waals surface area contributed by atoms with Gasteiger partial charge in [0.05, 0.1) is 17.6 Å². The molecule has 0 aromatic carbocycles. The average Bonchev–Trinajstić information content (AvgIpc) is 3.01. The van der Waals surface area contributed by atoms with Crippen molar-refractivity contribution < 1.29 is 0 Å². The van der Waals surface area contributed by atoms with Crippen molar-refractivity contribution in [2.45, 2.75) is 45.1 Å². The van der Waals surface area contributed by atoms with Gasteiger partial charge in [-0.2, -0.15) is 5.10 Å². The van der Waals surface area contributed by atoms with Gasteiger partial charge in [-0.15, -0.1) is 0 Å². The van der Waals surface area contributed by atoms with Crippen molar-refractivity contribution in [2.24, 2.45) is 0 Å². The number of aromatic amines is 1. The number of aryl methyl sites for hydroxylation is 1. The van der Waals surface area contributed by atoms with E-state index in [4.69, 9.17) is 0 Å². The lowest BCUT2D eigenvalue weighted by Gasteiger charge is -2.24. The van der Waals surface area contributed by atoms with Crippen LogP contribution in [0.15, 0.2) is 18.6 Å². The Morgan fingerprint density at radius 2 is 2.17 bits per heavy atom. The molecule has 1 aliphatic rings. The molecular formula is C13H19N5. The number of hydrogen-bond acceptors (Lipinski definition) is 3. The number of nitrogens with zero attached hydrogens (tertiary/aromatic N) is 3. The van der Waals surface area contributed by atoms with Gasteiger partial charge in [-0.05, 0) is 19.8 Å². The van der Waals surface area contributed by atoms with Crippen LogP contribution in [0.2, 0.25) is 0 Å². The summed E-state index contributed by atoms with van der Waals surface area (Å²) in [7, 11) is 0. The zero-order valence-corrected chi connectivity index (χ0v) is 10.7. The molecular weight excluding hydrogens is 226 g/mol. The van der Waals surface area contributed by atoms with Crippen LogP contribution in [0.5, 0.6) is 0 Å². The van der Waals surface area contributed by atoms with Crippen molar-refractivity contribution in [1.29, 1.82) is 0 Å². The Morgan fingerprint density at radius 1 is 1.33 bits per heavy atom. The zero-order chi connectivity index (χ0) is 12.4. The number of anilines is 2. The van der Waals surface area contributed by atoms with Gasteiger partial charge in [0.2, 0.25) is 5.95 Å². The first-order valence-electron chi connectivity index (χ1n) is 6.64. The van der Waals surface area contributed by atoms with Gasteiger partial charge in [0.25, 0.3) is 0 Å². The smallest absolute Gasteiger partial charge is 0.207 e. The molecule has 5 heteroatoms. The van der Waals surface area contributed by atoms with Crippen molar-refractivity contribution in [1.82, 2.24) is 19.7 Å². The number of H-pyrrole nitrogens is 1. The second-order valence-electron chi connectivity index (χ2n) is 5.02. The summed E-state index contributed by atoms with van der Waals surface area (Å²) < 4.78 is 2.29. The van der Waals surface area contributed by atoms with E-state index in [-0.39, 0.29) is 0 Å². The van der Waals surface area contributed by atoms with Crippen LogP contribution in [-0.2, 0) is 0 Å². The predicted molar refractivity (Wildman–Crippen MR) is 71.0 cm³/mol. The van der Waals surface area contributed by atoms with E-state index >= 15 is 0 Å². The van der Waals surface area contributed by atoms with E-state index in [0.29, 0.717) is 6.04 Å². The van der Waals surface area contributed by atoms with Gasteiger partial charge in [-0.3, -0.25) is 5.10 Å². The third-order valence-electron chi connectivity index (χ3n) is 3.58. The van der Waals surface area contributed by atoms with Crippen LogP contribution in [0.25, 0.3) is 0 Å². The summed E-state index contributed by atoms with van der Waals surface area (Å²) in [6, 6.07) is 0.592. The molecule has 96 valence electrons. The topological polar surface area (TPSA) is 58.5 Å². The van der Waals surface area contributed by atoms with Crippen LogP contribution in [0.3, 0.4) is 0 Å². The normalized spacial score (nSPS) is 16.9. The molecule has 5 nitrogen and oxygen atoms in total. The van der Waals surface area contributed by atoms with Crippen LogP contribution in [-0.4, -0.2) is 19.7 Å². The van der Waals surface area contributed by atoms with Crippen LogP contribution in [0.4, 0.5) is 11.6 Å². The summed E-state index contributed by atoms with van der Waals surface area (Å²) in [5, 5.41) is 10.1. The molecule has 0 radical (unpaired) electrons. The molecule has 2 N–H and O–H groups in total. The van der Waals surface area contributed by atoms with Crippen LogP contribution < -0.4 is 5.32 Å². The molecule has 0 unspecified atom stereocenters. The Morgan fingerprint density at radius 3 is 2.89 bits per heavy atom. The first-order chi connectivity index (χ1) is 8.83. The van der Waals surface area contributed by atoms with E-state index < -0.39 is 0 Å². The maximum absolute atomic E-state index is 4.57. The Bertz CT molecular complexity index is 493. The first kappa shape index (κ1) is 11.3. The highest BCUT2D eigenvalue weighted by Crippen LogP contribution is 2.31. The summed E-state index contributed by atoms with van der Waals surface area (Å²) in [5.74, 6) is 0.931. The van der Waals surface area contributed by atoms with E-state index in [1.54, 1.807) is 6.20 Å². The molecule has 1 saturated carbocycles. The Kier molecular flexibility index (Phi) is 3.04. The minimum atomic E-state index is 0.592. The molecule has 0 bridgehead atoms. The lowest BCUT2D eigenvalue weighted by atomic mass is 9.95. The molecule has 2 heterocycles. The largest absolute Gasteiger partial charge is 0.323 e. The third-order valence-corrected chi connectivity index (χ3v) is 3.58. The van der Waals surface area contributed by atoms with E-state index in [0.717, 1.165) is 17.3 Å². The van der Waals surface area contributed by atoms with Crippen LogP contribution >= 0.6 is 0 Å². The van der Waals surface area contributed by atoms with Crippen molar-refractivity contribution in [3.8, 4) is 0 Å². The maximum atomic E-state index is 4.57. The average molecular weight is 245 g/mol. The van der Waals surface area contributed by atoms with Crippen LogP contribution in [0.1, 0.15) is 43.8 Å². The highest BCUT2D eigenvalue weighted by atomic mass is 15.2. The van der Waals surface area contributed by atoms with Crippen molar-refractivity contribution in [3.63, 3.8) is 0 Å². The van der Waals surface area contributed by atoms with Crippen molar-refractivity contribution in [3.05, 3.63) is 24.3 Å². The summed E-state index contributed by atoms with van der Waals surface area (Å²) in [6.07, 6.45) is 12.3. The monoisotopic (exact) mass is 245 g/mol. The molecule has 3 rings (SSSR count). The molecule has 18 heavy (non-hydrogen) atoms. The fraction of sp³-hybridized carbons (Fsp3) is 0.538. The Balaban J connectivity index is 1.84. The second-order valence-corrected chi connectivity index (χ2v) is 5.02. The van der Waals surface area contributed by atoms with E-state index in [1.165, 1.54) is 32.1 Å². The molecule has 1 fully saturated rings. The molecule has 0 spiro atoms. The first-order valence-corrected chi connectivity index (χ1v) is 6.64. The predicted octanol–water partition coefficient (Wildman–Crippen LogP) is 3.16. The van der Waals surface area contributed by atoms with Crippen molar-refractivity contribution in [2.75, 3.05) is 5.32 Å². The van der Waals surface area contributed by atoms with Gasteiger partial charge in [0.15, 0.2) is 0 Å². The highest BCUT2D eigenvalue weighted by Gasteiger charge is 2.18. The Hall–Kier alpha value is -1.78. The molecule has 0 saturated heterocycles. The number of hydrogen-bond donors (Lipinski definition) is 2. The van der Waals surface area contributed by atoms with Gasteiger partial charge in [-0.25, -0.2) is 4.98 Å². The lowest BCUT2D eigenvalue weighted by molar-refractivity contribution is 0.356. The SMILES string of the molecule is Cc1cn(C2CCCCC2)c(Nc2cn[nH]c2)n1. The standard InChI is InChI=1S/C13H19N5/c1-10-9-18(12-5-3-2-4-6-12)13(16-10)17-11-7-14-15-8-11/h7-9,12H,2-6H2,1H3,(H,14,15)(H,16,17). The molecule has 2 aromatic rings. The summed E-state index contributed by atoms with van der Waals surface area (Å²) in [4.78, 5) is 4.57. The third kappa shape index (κ3) is 2.25. The maximum Gasteiger partial charge on any atom is 0.207 e. The quantitative estimate of drug-likeness (QED) is 0.873. The van der Waals surface area contributed by atoms with Crippen LogP contribution in [0, 0.1) is 6.92 Å². The number of imidazole rings is 1. The second kappa shape index (κ2) is 4.84. The van der Waals surface area contributed by atoms with Gasteiger partial charge in [0, 0.05) is 18.4 Å². The number of nitrogens with one attached hydrogen (secondary N) is 2. The Labute approximate surface area is 107 Å². The lowest BCUT2D eigenvalue weighted by Crippen LogP contribution is -2.14. The summed E-state index contributed by atoms with van der Waals surface area (Å²) in [6.45, 7) is 2.04. The molecule has 0 aliphatic heterocycles. The van der Waals surface area contributed by atoms with Gasteiger partial charge < -0.3 is 9.88 Å². The van der Waals surface area contributed by atoms with Gasteiger partial charge in [0.1, 0.15) is 0 Å². The number of aromatic nitrogens is 4. The minimum absolute atomic E-state index is 0.592. The minimum Gasteiger partial charge on any atom is -0.323 e. The summed E-state index contributed by atoms with van der Waals surface area (Å²) >= 11 is 0. The molecule has 2 aromatic heterocycles. The van der Waals surface area contributed by atoms with Gasteiger partial charge >= 0.3 is 0 Å². The van der Waals surface area contributed by atoms with E-state index in [2.05, 4.69) is 31.3 Å². The number of rotatable bonds is 3. The highest BCUT2D eigenvalue weighted by molar-refractivity contribution is 5.51. The summed E-state index contributed by atoms with van der Waals surface area (Å²) in [5.41, 5.74) is 2.02. The zero-order valence-electron chi connectivity index (χ0n) is 10.7. The van der Waals surface area contributed by atoms with E-state index in [1.807, 2.05) is 13.1 Å². The fourth-order valence-electron chi connectivity index (χ4n) is 2.69. The van der Waals surface area contributed by atoms with Gasteiger partial charge in [-0.1, -0.05) is 19.3 Å².